The summed E-state index contributed by atoms with van der Waals surface area (Å²) >= 11 is 0. The summed E-state index contributed by atoms with van der Waals surface area (Å²) in [5, 5.41) is 19.3. The molecule has 26 heavy (non-hydrogen) atoms. The average Bonchev–Trinajstić information content (AvgIpc) is 3.05. The lowest BCUT2D eigenvalue weighted by Gasteiger charge is -2.24. The first-order valence-corrected chi connectivity index (χ1v) is 8.01. The van der Waals surface area contributed by atoms with Gasteiger partial charge in [-0.15, -0.1) is 0 Å². The van der Waals surface area contributed by atoms with Crippen LogP contribution in [0.5, 0.6) is 0 Å². The topological polar surface area (TPSA) is 95.1 Å². The van der Waals surface area contributed by atoms with Crippen molar-refractivity contribution in [3.05, 3.63) is 71.0 Å². The van der Waals surface area contributed by atoms with Gasteiger partial charge in [-0.05, 0) is 35.9 Å². The number of fused-ring (bicyclic) bond motifs is 1. The van der Waals surface area contributed by atoms with E-state index in [1.54, 1.807) is 30.3 Å². The first kappa shape index (κ1) is 16.0. The van der Waals surface area contributed by atoms with Gasteiger partial charge in [-0.3, -0.25) is 9.89 Å². The van der Waals surface area contributed by atoms with Crippen LogP contribution < -0.4 is 5.32 Å². The Balaban J connectivity index is 1.90. The van der Waals surface area contributed by atoms with E-state index >= 15 is 0 Å². The summed E-state index contributed by atoms with van der Waals surface area (Å²) in [5.74, 6) is -1.75. The molecular formula is C19H14FN3O3. The molecule has 0 spiro atoms. The smallest absolute Gasteiger partial charge is 0.335 e. The first-order chi connectivity index (χ1) is 12.5. The highest BCUT2D eigenvalue weighted by Crippen LogP contribution is 2.42. The maximum atomic E-state index is 13.3. The van der Waals surface area contributed by atoms with Crippen LogP contribution in [0.3, 0.4) is 0 Å². The van der Waals surface area contributed by atoms with E-state index in [1.165, 1.54) is 18.2 Å². The number of rotatable bonds is 3. The minimum Gasteiger partial charge on any atom is -0.478 e. The Bertz CT molecular complexity index is 1010. The van der Waals surface area contributed by atoms with Gasteiger partial charge in [-0.25, -0.2) is 9.18 Å². The maximum Gasteiger partial charge on any atom is 0.335 e. The molecular weight excluding hydrogens is 337 g/mol. The number of aromatic amines is 1. The highest BCUT2D eigenvalue weighted by atomic mass is 19.1. The fourth-order valence-corrected chi connectivity index (χ4v) is 3.35. The van der Waals surface area contributed by atoms with Gasteiger partial charge in [-0.2, -0.15) is 5.10 Å². The molecule has 1 amide bonds. The monoisotopic (exact) mass is 351 g/mol. The van der Waals surface area contributed by atoms with Crippen LogP contribution in [-0.4, -0.2) is 27.2 Å². The molecule has 2 aromatic carbocycles. The highest BCUT2D eigenvalue weighted by Gasteiger charge is 2.33. The van der Waals surface area contributed by atoms with Crippen molar-refractivity contribution in [3.63, 3.8) is 0 Å². The SMILES string of the molecule is O=C1C[C@@H](c2ccccc2C(=O)O)c2c(n[nH]c2-c2ccc(F)cc2)N1. The number of carbonyl (C=O) groups excluding carboxylic acids is 1. The number of amides is 1. The first-order valence-electron chi connectivity index (χ1n) is 8.01. The minimum absolute atomic E-state index is 0.102. The van der Waals surface area contributed by atoms with Crippen LogP contribution in [0.15, 0.2) is 48.5 Å². The standard InChI is InChI=1S/C19H14FN3O3/c20-11-7-5-10(6-8-11)17-16-14(9-15(24)21-18(16)23-22-17)12-3-1-2-4-13(12)19(25)26/h1-8,14H,9H2,(H,25,26)(H2,21,22,23,24)/t14-/m0/s1. The predicted molar refractivity (Wildman–Crippen MR) is 92.5 cm³/mol. The van der Waals surface area contributed by atoms with Gasteiger partial charge in [-0.1, -0.05) is 18.2 Å². The molecule has 1 aromatic heterocycles. The lowest BCUT2D eigenvalue weighted by atomic mass is 9.82. The van der Waals surface area contributed by atoms with Crippen molar-refractivity contribution in [2.45, 2.75) is 12.3 Å². The third kappa shape index (κ3) is 2.63. The number of carboxylic acids is 1. The van der Waals surface area contributed by atoms with Crippen LogP contribution in [0.25, 0.3) is 11.3 Å². The quantitative estimate of drug-likeness (QED) is 0.674. The molecule has 6 nitrogen and oxygen atoms in total. The van der Waals surface area contributed by atoms with Gasteiger partial charge in [0.1, 0.15) is 5.82 Å². The number of anilines is 1. The lowest BCUT2D eigenvalue weighted by Crippen LogP contribution is -2.24. The number of carbonyl (C=O) groups is 2. The zero-order valence-corrected chi connectivity index (χ0v) is 13.5. The number of halogens is 1. The lowest BCUT2D eigenvalue weighted by molar-refractivity contribution is -0.116. The van der Waals surface area contributed by atoms with Gasteiger partial charge in [0.2, 0.25) is 5.91 Å². The van der Waals surface area contributed by atoms with E-state index in [0.717, 1.165) is 0 Å². The van der Waals surface area contributed by atoms with E-state index in [-0.39, 0.29) is 23.7 Å². The summed E-state index contributed by atoms with van der Waals surface area (Å²) in [6.07, 6.45) is 0.102. The number of H-pyrrole nitrogens is 1. The summed E-state index contributed by atoms with van der Waals surface area (Å²) < 4.78 is 13.3. The van der Waals surface area contributed by atoms with Gasteiger partial charge in [0, 0.05) is 23.5 Å². The highest BCUT2D eigenvalue weighted by molar-refractivity contribution is 5.97. The number of hydrogen-bond donors (Lipinski definition) is 3. The van der Waals surface area contributed by atoms with E-state index < -0.39 is 11.9 Å². The molecule has 0 fully saturated rings. The predicted octanol–water partition coefficient (Wildman–Crippen LogP) is 3.39. The maximum absolute atomic E-state index is 13.3. The van der Waals surface area contributed by atoms with Gasteiger partial charge in [0.05, 0.1) is 11.3 Å². The number of nitrogens with one attached hydrogen (secondary N) is 2. The molecule has 3 aromatic rings. The molecule has 2 heterocycles. The number of carboxylic acid groups (broad SMARTS) is 1. The van der Waals surface area contributed by atoms with Crippen molar-refractivity contribution in [2.24, 2.45) is 0 Å². The Morgan fingerprint density at radius 2 is 1.88 bits per heavy atom. The summed E-state index contributed by atoms with van der Waals surface area (Å²) in [4.78, 5) is 23.7. The van der Waals surface area contributed by atoms with Crippen molar-refractivity contribution in [1.29, 1.82) is 0 Å². The van der Waals surface area contributed by atoms with Crippen LogP contribution in [-0.2, 0) is 4.79 Å². The van der Waals surface area contributed by atoms with Crippen molar-refractivity contribution < 1.29 is 19.1 Å². The van der Waals surface area contributed by atoms with Gasteiger partial charge >= 0.3 is 5.97 Å². The molecule has 4 rings (SSSR count). The second-order valence-electron chi connectivity index (χ2n) is 6.07. The zero-order valence-electron chi connectivity index (χ0n) is 13.5. The van der Waals surface area contributed by atoms with E-state index in [9.17, 15) is 19.1 Å². The molecule has 0 bridgehead atoms. The summed E-state index contributed by atoms with van der Waals surface area (Å²) in [7, 11) is 0. The molecule has 0 saturated heterocycles. The Morgan fingerprint density at radius 3 is 2.62 bits per heavy atom. The third-order valence-corrected chi connectivity index (χ3v) is 4.50. The van der Waals surface area contributed by atoms with E-state index in [2.05, 4.69) is 15.5 Å². The number of hydrogen-bond acceptors (Lipinski definition) is 3. The van der Waals surface area contributed by atoms with Gasteiger partial charge < -0.3 is 10.4 Å². The Hall–Kier alpha value is -3.48. The summed E-state index contributed by atoms with van der Waals surface area (Å²) in [6, 6.07) is 12.5. The molecule has 1 aliphatic rings. The third-order valence-electron chi connectivity index (χ3n) is 4.50. The molecule has 0 unspecified atom stereocenters. The number of nitrogens with zero attached hydrogens (tertiary/aromatic N) is 1. The average molecular weight is 351 g/mol. The number of aromatic nitrogens is 2. The van der Waals surface area contributed by atoms with Crippen LogP contribution in [0.1, 0.15) is 33.8 Å². The molecule has 1 aliphatic heterocycles. The molecule has 0 aliphatic carbocycles. The normalized spacial score (nSPS) is 16.0. The van der Waals surface area contributed by atoms with Crippen molar-refractivity contribution in [1.82, 2.24) is 10.2 Å². The van der Waals surface area contributed by atoms with Gasteiger partial charge in [0.15, 0.2) is 5.82 Å². The largest absolute Gasteiger partial charge is 0.478 e. The van der Waals surface area contributed by atoms with Crippen molar-refractivity contribution in [2.75, 3.05) is 5.32 Å². The van der Waals surface area contributed by atoms with Crippen LogP contribution in [0.2, 0.25) is 0 Å². The molecule has 1 atom stereocenters. The Labute approximate surface area is 147 Å². The Kier molecular flexibility index (Phi) is 3.76. The van der Waals surface area contributed by atoms with Crippen molar-refractivity contribution >= 4 is 17.7 Å². The van der Waals surface area contributed by atoms with Crippen molar-refractivity contribution in [3.8, 4) is 11.3 Å². The molecule has 130 valence electrons. The summed E-state index contributed by atoms with van der Waals surface area (Å²) in [5.41, 5.74) is 2.72. The fourth-order valence-electron chi connectivity index (χ4n) is 3.35. The minimum atomic E-state index is -1.06. The second kappa shape index (κ2) is 6.11. The molecule has 0 radical (unpaired) electrons. The zero-order chi connectivity index (χ0) is 18.3. The molecule has 7 heteroatoms. The Morgan fingerprint density at radius 1 is 1.15 bits per heavy atom. The number of aromatic carboxylic acids is 1. The second-order valence-corrected chi connectivity index (χ2v) is 6.07. The molecule has 3 N–H and O–H groups in total. The summed E-state index contributed by atoms with van der Waals surface area (Å²) in [6.45, 7) is 0. The molecule has 0 saturated carbocycles. The van der Waals surface area contributed by atoms with Gasteiger partial charge in [0.25, 0.3) is 0 Å². The number of benzene rings is 2. The van der Waals surface area contributed by atoms with Crippen LogP contribution >= 0.6 is 0 Å². The van der Waals surface area contributed by atoms with E-state index in [0.29, 0.717) is 28.2 Å². The van der Waals surface area contributed by atoms with Crippen LogP contribution in [0, 0.1) is 5.82 Å². The van der Waals surface area contributed by atoms with Crippen LogP contribution in [0.4, 0.5) is 10.2 Å². The fraction of sp³-hybridized carbons (Fsp3) is 0.105. The van der Waals surface area contributed by atoms with E-state index in [1.807, 2.05) is 0 Å². The van der Waals surface area contributed by atoms with E-state index in [4.69, 9.17) is 0 Å².